The zero-order valence-electron chi connectivity index (χ0n) is 47.6. The van der Waals surface area contributed by atoms with Gasteiger partial charge in [0.05, 0.1) is 0 Å². The highest BCUT2D eigenvalue weighted by atomic mass is 15.2. The Morgan fingerprint density at radius 1 is 0.273 bits per heavy atom. The number of fused-ring (bicyclic) bond motifs is 4. The highest BCUT2D eigenvalue weighted by Gasteiger charge is 2.46. The van der Waals surface area contributed by atoms with Crippen molar-refractivity contribution in [3.8, 4) is 0 Å². The van der Waals surface area contributed by atoms with E-state index in [0.29, 0.717) is 23.7 Å². The quantitative estimate of drug-likeness (QED) is 0.100. The minimum atomic E-state index is -0.250. The molecule has 0 N–H and O–H groups in total. The summed E-state index contributed by atoms with van der Waals surface area (Å²) in [6.45, 7) is 28.8. The van der Waals surface area contributed by atoms with Crippen LogP contribution >= 0.6 is 0 Å². The summed E-state index contributed by atoms with van der Waals surface area (Å²) >= 11 is 0. The molecule has 2 heterocycles. The van der Waals surface area contributed by atoms with Crippen LogP contribution in [0.15, 0.2) is 224 Å². The van der Waals surface area contributed by atoms with Crippen molar-refractivity contribution in [2.75, 3.05) is 9.80 Å². The van der Waals surface area contributed by atoms with Crippen LogP contribution in [0.3, 0.4) is 0 Å². The Labute approximate surface area is 462 Å². The summed E-state index contributed by atoms with van der Waals surface area (Å²) < 4.78 is 0. The standard InChI is InChI=1S/C74H77BN2/c1-50(2)71(9,54-28-17-13-18-29-54)58-36-25-38-62(46-58)76-66-40-27-41-67-70(66)75(64-44-42-60(48-68(64)76)73(11,52(5)6)56-32-21-15-22-33-56)65-45-43-61(74(12,53(7)8)57-34-23-16-24-35-57)49-69(65)77(67)63-39-26-37-59(47-63)72(10,51(3)4)55-30-19-14-20-31-55/h13-53H,1-12H3. The van der Waals surface area contributed by atoms with E-state index in [1.807, 2.05) is 0 Å². The minimum Gasteiger partial charge on any atom is -0.311 e. The SMILES string of the molecule is CC(C)C(C)(c1ccccc1)c1cccc(N2c3cc(C(C)(c4ccccc4)C(C)C)ccc3B3c4ccc(C(C)(c5ccccc5)C(C)C)cc4N(c4cccc(C(C)(c5ccccc5)C(C)C)c4)c4cccc2c43)c1. The lowest BCUT2D eigenvalue weighted by molar-refractivity contribution is 0.405. The molecule has 0 aliphatic carbocycles. The van der Waals surface area contributed by atoms with Crippen LogP contribution in [0.4, 0.5) is 34.1 Å². The van der Waals surface area contributed by atoms with Crippen LogP contribution in [0.1, 0.15) is 128 Å². The van der Waals surface area contributed by atoms with Crippen molar-refractivity contribution in [1.29, 1.82) is 0 Å². The third-order valence-corrected chi connectivity index (χ3v) is 19.7. The molecule has 0 bridgehead atoms. The number of hydrogen-bond donors (Lipinski definition) is 0. The normalized spacial score (nSPS) is 16.1. The molecule has 0 fully saturated rings. The van der Waals surface area contributed by atoms with Crippen molar-refractivity contribution < 1.29 is 0 Å². The Morgan fingerprint density at radius 2 is 0.545 bits per heavy atom. The summed E-state index contributed by atoms with van der Waals surface area (Å²) in [6.07, 6.45) is 0. The fourth-order valence-corrected chi connectivity index (χ4v) is 13.5. The molecule has 4 atom stereocenters. The maximum atomic E-state index is 2.62. The van der Waals surface area contributed by atoms with Gasteiger partial charge in [0, 0.05) is 55.8 Å². The van der Waals surface area contributed by atoms with Crippen LogP contribution in [0.25, 0.3) is 0 Å². The first-order valence-electron chi connectivity index (χ1n) is 28.5. The van der Waals surface area contributed by atoms with Crippen LogP contribution in [-0.2, 0) is 21.7 Å². The molecule has 4 unspecified atom stereocenters. The maximum Gasteiger partial charge on any atom is 0.252 e. The van der Waals surface area contributed by atoms with Gasteiger partial charge in [-0.15, -0.1) is 0 Å². The van der Waals surface area contributed by atoms with E-state index in [1.54, 1.807) is 0 Å². The Hall–Kier alpha value is -7.36. The van der Waals surface area contributed by atoms with E-state index in [9.17, 15) is 0 Å². The highest BCUT2D eigenvalue weighted by molar-refractivity contribution is 7.00. The average Bonchev–Trinajstić information content (AvgIpc) is 3.53. The second-order valence-electron chi connectivity index (χ2n) is 24.4. The summed E-state index contributed by atoms with van der Waals surface area (Å²) in [5, 5.41) is 0. The van der Waals surface area contributed by atoms with Crippen molar-refractivity contribution in [3.63, 3.8) is 0 Å². The summed E-state index contributed by atoms with van der Waals surface area (Å²) in [4.78, 5) is 5.25. The summed E-state index contributed by atoms with van der Waals surface area (Å²) in [5.74, 6) is 1.35. The predicted octanol–water partition coefficient (Wildman–Crippen LogP) is 17.6. The maximum absolute atomic E-state index is 2.62. The van der Waals surface area contributed by atoms with E-state index in [2.05, 4.69) is 317 Å². The Balaban J connectivity index is 1.21. The molecule has 9 aromatic rings. The highest BCUT2D eigenvalue weighted by Crippen LogP contribution is 2.50. The first-order chi connectivity index (χ1) is 37.0. The van der Waals surface area contributed by atoms with E-state index in [-0.39, 0.29) is 28.4 Å². The van der Waals surface area contributed by atoms with Gasteiger partial charge in [-0.1, -0.05) is 259 Å². The molecular weight excluding hydrogens is 928 g/mol. The molecule has 0 saturated heterocycles. The second-order valence-corrected chi connectivity index (χ2v) is 24.4. The van der Waals surface area contributed by atoms with E-state index >= 15 is 0 Å². The van der Waals surface area contributed by atoms with Gasteiger partial charge in [-0.05, 0) is 133 Å². The van der Waals surface area contributed by atoms with Gasteiger partial charge in [0.25, 0.3) is 6.71 Å². The van der Waals surface area contributed by atoms with Gasteiger partial charge in [-0.3, -0.25) is 0 Å². The van der Waals surface area contributed by atoms with Crippen LogP contribution in [0, 0.1) is 23.7 Å². The second kappa shape index (κ2) is 19.9. The van der Waals surface area contributed by atoms with Gasteiger partial charge in [-0.25, -0.2) is 0 Å². The van der Waals surface area contributed by atoms with Gasteiger partial charge in [0.2, 0.25) is 0 Å². The number of hydrogen-bond acceptors (Lipinski definition) is 2. The lowest BCUT2D eigenvalue weighted by atomic mass is 9.33. The fourth-order valence-electron chi connectivity index (χ4n) is 13.5. The summed E-state index contributed by atoms with van der Waals surface area (Å²) in [6, 6.07) is 85.8. The largest absolute Gasteiger partial charge is 0.311 e. The fraction of sp³-hybridized carbons (Fsp3) is 0.270. The van der Waals surface area contributed by atoms with Crippen molar-refractivity contribution in [3.05, 3.63) is 269 Å². The van der Waals surface area contributed by atoms with Gasteiger partial charge in [0.15, 0.2) is 0 Å². The van der Waals surface area contributed by atoms with Crippen LogP contribution in [0.2, 0.25) is 0 Å². The lowest BCUT2D eigenvalue weighted by Gasteiger charge is -2.46. The molecule has 77 heavy (non-hydrogen) atoms. The molecular formula is C74H77BN2. The number of benzene rings is 9. The van der Waals surface area contributed by atoms with Crippen LogP contribution in [0.5, 0.6) is 0 Å². The van der Waals surface area contributed by atoms with Gasteiger partial charge in [0.1, 0.15) is 0 Å². The zero-order chi connectivity index (χ0) is 54.0. The van der Waals surface area contributed by atoms with Gasteiger partial charge in [-0.2, -0.15) is 0 Å². The molecule has 2 nitrogen and oxygen atoms in total. The molecule has 9 aromatic carbocycles. The molecule has 3 heteroatoms. The topological polar surface area (TPSA) is 6.48 Å². The number of nitrogens with zero attached hydrogens (tertiary/aromatic N) is 2. The smallest absolute Gasteiger partial charge is 0.252 e. The third-order valence-electron chi connectivity index (χ3n) is 19.7. The molecule has 0 saturated carbocycles. The monoisotopic (exact) mass is 1000 g/mol. The van der Waals surface area contributed by atoms with E-state index < -0.39 is 0 Å². The minimum absolute atomic E-state index is 0.0345. The van der Waals surface area contributed by atoms with Crippen molar-refractivity contribution in [2.24, 2.45) is 23.7 Å². The first-order valence-corrected chi connectivity index (χ1v) is 28.5. The Kier molecular flexibility index (Phi) is 13.4. The Bertz CT molecular complexity index is 3330. The summed E-state index contributed by atoms with van der Waals surface area (Å²) in [5.41, 5.74) is 20.8. The lowest BCUT2D eigenvalue weighted by Crippen LogP contribution is -2.61. The molecule has 0 aromatic heterocycles. The predicted molar refractivity (Wildman–Crippen MR) is 331 cm³/mol. The van der Waals surface area contributed by atoms with Crippen molar-refractivity contribution in [2.45, 2.75) is 105 Å². The molecule has 2 aliphatic rings. The first kappa shape index (κ1) is 51.7. The molecule has 0 radical (unpaired) electrons. The van der Waals surface area contributed by atoms with E-state index in [0.717, 1.165) is 0 Å². The average molecular weight is 1010 g/mol. The zero-order valence-corrected chi connectivity index (χ0v) is 47.6. The molecule has 0 spiro atoms. The van der Waals surface area contributed by atoms with E-state index in [1.165, 1.54) is 95.0 Å². The molecule has 386 valence electrons. The molecule has 11 rings (SSSR count). The van der Waals surface area contributed by atoms with Crippen LogP contribution < -0.4 is 26.2 Å². The number of rotatable bonds is 14. The molecule has 2 aliphatic heterocycles. The van der Waals surface area contributed by atoms with Gasteiger partial charge >= 0.3 is 0 Å². The van der Waals surface area contributed by atoms with Crippen molar-refractivity contribution in [1.82, 2.24) is 0 Å². The third kappa shape index (κ3) is 8.22. The molecule has 0 amide bonds. The number of anilines is 6. The van der Waals surface area contributed by atoms with Gasteiger partial charge < -0.3 is 9.80 Å². The summed E-state index contributed by atoms with van der Waals surface area (Å²) in [7, 11) is 0. The van der Waals surface area contributed by atoms with E-state index in [4.69, 9.17) is 0 Å². The van der Waals surface area contributed by atoms with Crippen molar-refractivity contribution >= 4 is 57.2 Å². The van der Waals surface area contributed by atoms with Crippen LogP contribution in [-0.4, -0.2) is 6.71 Å². The Morgan fingerprint density at radius 3 is 0.844 bits per heavy atom.